The normalized spacial score (nSPS) is 18.0. The monoisotopic (exact) mass is 856 g/mol. The predicted octanol–water partition coefficient (Wildman–Crippen LogP) is 9.59. The van der Waals surface area contributed by atoms with Crippen LogP contribution in [0.25, 0.3) is 27.7 Å². The lowest BCUT2D eigenvalue weighted by Crippen LogP contribution is -2.47. The van der Waals surface area contributed by atoms with Gasteiger partial charge in [0.15, 0.2) is 5.82 Å². The van der Waals surface area contributed by atoms with Crippen molar-refractivity contribution in [1.82, 2.24) is 39.3 Å². The average Bonchev–Trinajstić information content (AvgIpc) is 3.72. The third-order valence-corrected chi connectivity index (χ3v) is 13.5. The minimum atomic E-state index is -0.692. The van der Waals surface area contributed by atoms with Crippen molar-refractivity contribution in [3.8, 4) is 11.1 Å². The fraction of sp³-hybridized carbons (Fsp3) is 0.347. The van der Waals surface area contributed by atoms with Crippen molar-refractivity contribution < 1.29 is 8.78 Å². The fourth-order valence-electron chi connectivity index (χ4n) is 8.64. The topological polar surface area (TPSA) is 90.6 Å². The first-order valence-corrected chi connectivity index (χ1v) is 22.4. The molecule has 3 aromatic heterocycles. The van der Waals surface area contributed by atoms with E-state index in [1.807, 2.05) is 30.5 Å². The highest BCUT2D eigenvalue weighted by atomic mass is 32.2. The summed E-state index contributed by atoms with van der Waals surface area (Å²) in [4.78, 5) is 20.1. The number of hydrogen-bond acceptors (Lipinski definition) is 10. The highest BCUT2D eigenvalue weighted by Gasteiger charge is 2.25. The Hall–Kier alpha value is -5.47. The van der Waals surface area contributed by atoms with Crippen LogP contribution in [-0.4, -0.2) is 99.4 Å². The Labute approximate surface area is 369 Å². The van der Waals surface area contributed by atoms with Crippen molar-refractivity contribution in [2.75, 3.05) is 69.4 Å². The van der Waals surface area contributed by atoms with Crippen LogP contribution in [0.15, 0.2) is 117 Å². The van der Waals surface area contributed by atoms with Crippen molar-refractivity contribution in [2.45, 2.75) is 51.1 Å². The molecule has 3 aliphatic rings. The number of allylic oxidation sites excluding steroid dienone is 1. The molecule has 13 heteroatoms. The third kappa shape index (κ3) is 9.92. The molecule has 0 saturated carbocycles. The molecule has 6 heterocycles. The summed E-state index contributed by atoms with van der Waals surface area (Å²) in [6.45, 7) is 27.3. The van der Waals surface area contributed by atoms with Crippen LogP contribution in [0.1, 0.15) is 60.9 Å². The maximum atomic E-state index is 15.7. The molecule has 3 aliphatic heterocycles. The summed E-state index contributed by atoms with van der Waals surface area (Å²) in [7, 11) is 1.89. The van der Waals surface area contributed by atoms with E-state index in [-0.39, 0.29) is 22.9 Å². The Morgan fingerprint density at radius 3 is 2.35 bits per heavy atom. The molecule has 1 unspecified atom stereocenters. The summed E-state index contributed by atoms with van der Waals surface area (Å²) in [5, 5.41) is 7.65. The minimum absolute atomic E-state index is 0.173. The van der Waals surface area contributed by atoms with Crippen LogP contribution < -0.4 is 15.4 Å². The number of likely N-dealkylation sites (tertiary alicyclic amines) is 1. The van der Waals surface area contributed by atoms with Gasteiger partial charge in [-0.3, -0.25) is 14.8 Å². The number of fused-ring (bicyclic) bond motifs is 1. The molecule has 0 aliphatic carbocycles. The highest BCUT2D eigenvalue weighted by molar-refractivity contribution is 7.98. The van der Waals surface area contributed by atoms with Crippen LogP contribution in [0, 0.1) is 11.6 Å². The smallest absolute Gasteiger partial charge is 0.157 e. The molecular formula is C49H58F2N10S. The number of rotatable bonds is 15. The molecule has 0 bridgehead atoms. The Morgan fingerprint density at radius 2 is 1.65 bits per heavy atom. The van der Waals surface area contributed by atoms with Gasteiger partial charge in [-0.1, -0.05) is 51.4 Å². The van der Waals surface area contributed by atoms with Gasteiger partial charge in [0.2, 0.25) is 0 Å². The van der Waals surface area contributed by atoms with E-state index in [9.17, 15) is 0 Å². The zero-order valence-electron chi connectivity index (χ0n) is 36.0. The largest absolute Gasteiger partial charge is 0.377 e. The summed E-state index contributed by atoms with van der Waals surface area (Å²) in [5.74, 6) is -0.799. The number of piperidine rings is 2. The van der Waals surface area contributed by atoms with E-state index in [1.54, 1.807) is 12.4 Å². The Morgan fingerprint density at radius 1 is 0.903 bits per heavy atom. The van der Waals surface area contributed by atoms with Crippen LogP contribution in [0.5, 0.6) is 0 Å². The summed E-state index contributed by atoms with van der Waals surface area (Å²) < 4.78 is 35.7. The lowest BCUT2D eigenvalue weighted by molar-refractivity contribution is 0.123. The Bertz CT molecular complexity index is 2410. The van der Waals surface area contributed by atoms with Gasteiger partial charge in [0.25, 0.3) is 0 Å². The highest BCUT2D eigenvalue weighted by Crippen LogP contribution is 2.36. The van der Waals surface area contributed by atoms with Crippen LogP contribution in [-0.2, 0) is 6.54 Å². The van der Waals surface area contributed by atoms with Gasteiger partial charge >= 0.3 is 0 Å². The molecule has 3 saturated heterocycles. The predicted molar refractivity (Wildman–Crippen MR) is 252 cm³/mol. The number of halogens is 2. The molecule has 2 aromatic carbocycles. The molecule has 4 N–H and O–H groups in total. The van der Waals surface area contributed by atoms with Crippen LogP contribution in [0.2, 0.25) is 0 Å². The number of aromatic amines is 1. The molecule has 324 valence electrons. The van der Waals surface area contributed by atoms with Crippen LogP contribution in [0.4, 0.5) is 20.2 Å². The van der Waals surface area contributed by atoms with E-state index in [1.165, 1.54) is 35.5 Å². The third-order valence-electron chi connectivity index (χ3n) is 12.6. The van der Waals surface area contributed by atoms with Gasteiger partial charge in [0.05, 0.1) is 23.0 Å². The number of anilines is 2. The van der Waals surface area contributed by atoms with Gasteiger partial charge in [-0.2, -0.15) is 0 Å². The quantitative estimate of drug-likeness (QED) is 0.0764. The molecule has 62 heavy (non-hydrogen) atoms. The second kappa shape index (κ2) is 19.3. The van der Waals surface area contributed by atoms with Crippen molar-refractivity contribution in [3.63, 3.8) is 0 Å². The van der Waals surface area contributed by atoms with Crippen LogP contribution >= 0.6 is 12.1 Å². The number of aromatic nitrogens is 3. The summed E-state index contributed by atoms with van der Waals surface area (Å²) in [6, 6.07) is 18.0. The van der Waals surface area contributed by atoms with Gasteiger partial charge in [-0.15, -0.1) is 0 Å². The van der Waals surface area contributed by atoms with Crippen molar-refractivity contribution in [1.29, 1.82) is 0 Å². The van der Waals surface area contributed by atoms with E-state index >= 15 is 8.78 Å². The van der Waals surface area contributed by atoms with Gasteiger partial charge in [-0.25, -0.2) is 18.1 Å². The number of pyridine rings is 2. The summed E-state index contributed by atoms with van der Waals surface area (Å²) in [5.41, 5.74) is 10.0. The maximum Gasteiger partial charge on any atom is 0.157 e. The number of H-pyrrole nitrogens is 1. The number of piperazine rings is 1. The number of nitrogens with one attached hydrogen (secondary N) is 4. The number of benzene rings is 2. The zero-order valence-corrected chi connectivity index (χ0v) is 36.8. The van der Waals surface area contributed by atoms with E-state index in [2.05, 4.69) is 103 Å². The van der Waals surface area contributed by atoms with Gasteiger partial charge in [0, 0.05) is 134 Å². The average molecular weight is 857 g/mol. The molecule has 3 fully saturated rings. The van der Waals surface area contributed by atoms with Gasteiger partial charge < -0.3 is 25.2 Å². The van der Waals surface area contributed by atoms with Gasteiger partial charge in [0.1, 0.15) is 11.5 Å². The van der Waals surface area contributed by atoms with Crippen molar-refractivity contribution in [3.05, 3.63) is 151 Å². The zero-order chi connectivity index (χ0) is 43.3. The first-order chi connectivity index (χ1) is 30.0. The molecule has 10 nitrogen and oxygen atoms in total. The first kappa shape index (κ1) is 43.2. The van der Waals surface area contributed by atoms with Crippen molar-refractivity contribution in [2.24, 2.45) is 0 Å². The Balaban J connectivity index is 0.800. The molecule has 1 atom stereocenters. The van der Waals surface area contributed by atoms with Crippen LogP contribution in [0.3, 0.4) is 0 Å². The van der Waals surface area contributed by atoms with Crippen molar-refractivity contribution >= 4 is 40.1 Å². The number of hydrogen-bond donors (Lipinski definition) is 4. The second-order valence-corrected chi connectivity index (χ2v) is 17.8. The molecule has 5 aromatic rings. The minimum Gasteiger partial charge on any atom is -0.377 e. The fourth-order valence-corrected chi connectivity index (χ4v) is 9.18. The summed E-state index contributed by atoms with van der Waals surface area (Å²) >= 11 is 1.24. The molecule has 8 rings (SSSR count). The lowest BCUT2D eigenvalue weighted by atomic mass is 9.89. The Kier molecular flexibility index (Phi) is 13.4. The molecular weight excluding hydrogens is 799 g/mol. The summed E-state index contributed by atoms with van der Waals surface area (Å²) in [6.07, 6.45) is 9.61. The van der Waals surface area contributed by atoms with E-state index in [0.29, 0.717) is 17.1 Å². The second-order valence-electron chi connectivity index (χ2n) is 16.8. The molecule has 0 spiro atoms. The lowest BCUT2D eigenvalue weighted by Gasteiger charge is -2.39. The molecule has 0 radical (unpaired) electrons. The van der Waals surface area contributed by atoms with Gasteiger partial charge in [-0.05, 0) is 86.2 Å². The maximum absolute atomic E-state index is 15.7. The van der Waals surface area contributed by atoms with E-state index < -0.39 is 11.6 Å². The van der Waals surface area contributed by atoms with E-state index in [4.69, 9.17) is 4.98 Å². The molecule has 0 amide bonds. The first-order valence-electron chi connectivity index (χ1n) is 21.6. The SMILES string of the molecule is C=C1CCC(Nc2ccc(C3CCN(C(=C)CN4CCN(Cc5ccc(-c6cnc7[nH]cc(C(=C)c8c(F)ccc(NSN(C)CC)c8F)c7c6)cn5)CC4)CC3)cc2)C(=C)N1. The number of nitrogens with zero attached hydrogens (tertiary/aromatic N) is 6. The van der Waals surface area contributed by atoms with E-state index in [0.717, 1.165) is 124 Å². The standard InChI is InChI=1S/C49H58F2N10S/c1-7-58(6)62-57-46-17-15-44(50)47(48(46)51)34(4)43-29-54-49-42(43)26-39(28-53-49)38-11-14-41(52-27-38)31-60-24-22-59(23-25-60)30-33(3)61-20-18-37(19-21-61)36-9-12-40(13-10-36)56-45-16-8-32(2)55-35(45)5/h9-15,17,26-29,37,45,55-57H,2-5,7-8,16,18-25,30-31H2,1,6H3,(H,53,54).